The van der Waals surface area contributed by atoms with Gasteiger partial charge in [0, 0.05) is 6.07 Å². The highest BCUT2D eigenvalue weighted by Crippen LogP contribution is 2.25. The fraction of sp³-hybridized carbons (Fsp3) is 0.200. The van der Waals surface area contributed by atoms with Gasteiger partial charge in [0.25, 0.3) is 5.69 Å². The Hall–Kier alpha value is -1.64. The van der Waals surface area contributed by atoms with Crippen molar-refractivity contribution in [2.24, 2.45) is 0 Å². The lowest BCUT2D eigenvalue weighted by atomic mass is 10.0. The largest absolute Gasteiger partial charge is 0.277 e. The van der Waals surface area contributed by atoms with Crippen LogP contribution in [0.5, 0.6) is 0 Å². The molecule has 0 atom stereocenters. The van der Waals surface area contributed by atoms with E-state index in [4.69, 9.17) is 0 Å². The van der Waals surface area contributed by atoms with Crippen molar-refractivity contribution in [2.45, 2.75) is 13.8 Å². The zero-order valence-electron chi connectivity index (χ0n) is 7.70. The smallest absolute Gasteiger partial charge is 0.258 e. The Bertz CT molecular complexity index is 369. The van der Waals surface area contributed by atoms with Gasteiger partial charge in [-0.3, -0.25) is 10.1 Å². The van der Waals surface area contributed by atoms with Gasteiger partial charge in [0.05, 0.1) is 10.5 Å². The molecule has 0 aromatic heterocycles. The number of hydrogen-bond acceptors (Lipinski definition) is 2. The highest BCUT2D eigenvalue weighted by Gasteiger charge is 2.13. The average molecular weight is 177 g/mol. The first kappa shape index (κ1) is 9.45. The average Bonchev–Trinajstić information content (AvgIpc) is 2.03. The van der Waals surface area contributed by atoms with Crippen LogP contribution in [0.4, 0.5) is 5.69 Å². The van der Waals surface area contributed by atoms with Gasteiger partial charge in [-0.05, 0) is 31.1 Å². The van der Waals surface area contributed by atoms with Crippen LogP contribution in [0, 0.1) is 17.0 Å². The summed E-state index contributed by atoms with van der Waals surface area (Å²) in [5, 5.41) is 10.6. The van der Waals surface area contributed by atoms with E-state index in [1.807, 2.05) is 13.0 Å². The molecule has 0 fully saturated rings. The summed E-state index contributed by atoms with van der Waals surface area (Å²) in [4.78, 5) is 10.3. The number of hydrogen-bond donors (Lipinski definition) is 0. The van der Waals surface area contributed by atoms with Crippen LogP contribution in [0.15, 0.2) is 24.8 Å². The van der Waals surface area contributed by atoms with Crippen LogP contribution < -0.4 is 0 Å². The van der Waals surface area contributed by atoms with Gasteiger partial charge in [-0.2, -0.15) is 0 Å². The van der Waals surface area contributed by atoms with Gasteiger partial charge >= 0.3 is 0 Å². The number of nitro groups is 1. The molecule has 1 aromatic carbocycles. The molecule has 0 saturated heterocycles. The van der Waals surface area contributed by atoms with E-state index in [9.17, 15) is 10.1 Å². The second-order valence-corrected chi connectivity index (χ2v) is 3.06. The topological polar surface area (TPSA) is 43.1 Å². The molecule has 13 heavy (non-hydrogen) atoms. The van der Waals surface area contributed by atoms with E-state index in [0.29, 0.717) is 11.1 Å². The lowest BCUT2D eigenvalue weighted by Gasteiger charge is -2.02. The fourth-order valence-electron chi connectivity index (χ4n) is 1.15. The van der Waals surface area contributed by atoms with Crippen LogP contribution in [0.3, 0.4) is 0 Å². The van der Waals surface area contributed by atoms with Crippen LogP contribution in [0.1, 0.15) is 18.1 Å². The number of nitro benzene ring substituents is 1. The minimum Gasteiger partial charge on any atom is -0.258 e. The SMILES string of the molecule is C=C(C)c1ccc(C)cc1[N+](=O)[O-]. The second-order valence-electron chi connectivity index (χ2n) is 3.06. The van der Waals surface area contributed by atoms with E-state index < -0.39 is 0 Å². The van der Waals surface area contributed by atoms with Crippen LogP contribution in [-0.4, -0.2) is 4.92 Å². The summed E-state index contributed by atoms with van der Waals surface area (Å²) in [6, 6.07) is 5.14. The maximum atomic E-state index is 10.6. The maximum absolute atomic E-state index is 10.6. The van der Waals surface area contributed by atoms with Crippen LogP contribution in [0.2, 0.25) is 0 Å². The van der Waals surface area contributed by atoms with Crippen molar-refractivity contribution >= 4 is 11.3 Å². The van der Waals surface area contributed by atoms with E-state index in [2.05, 4.69) is 6.58 Å². The van der Waals surface area contributed by atoms with Gasteiger partial charge < -0.3 is 0 Å². The third kappa shape index (κ3) is 1.93. The molecule has 0 spiro atoms. The van der Waals surface area contributed by atoms with Gasteiger partial charge in [-0.15, -0.1) is 0 Å². The third-order valence-corrected chi connectivity index (χ3v) is 1.81. The molecule has 0 aliphatic carbocycles. The van der Waals surface area contributed by atoms with E-state index in [1.54, 1.807) is 19.1 Å². The number of rotatable bonds is 2. The zero-order chi connectivity index (χ0) is 10.0. The number of benzene rings is 1. The maximum Gasteiger partial charge on any atom is 0.277 e. The first-order chi connectivity index (χ1) is 6.02. The van der Waals surface area contributed by atoms with Gasteiger partial charge in [0.15, 0.2) is 0 Å². The Balaban J connectivity index is 3.35. The molecule has 0 saturated carbocycles. The van der Waals surface area contributed by atoms with Crippen LogP contribution in [0.25, 0.3) is 5.57 Å². The van der Waals surface area contributed by atoms with Gasteiger partial charge in [0.2, 0.25) is 0 Å². The Labute approximate surface area is 76.9 Å². The lowest BCUT2D eigenvalue weighted by Crippen LogP contribution is -1.93. The van der Waals surface area contributed by atoms with E-state index in [1.165, 1.54) is 0 Å². The molecule has 3 nitrogen and oxygen atoms in total. The Morgan fingerprint density at radius 3 is 2.62 bits per heavy atom. The van der Waals surface area contributed by atoms with Crippen molar-refractivity contribution in [1.82, 2.24) is 0 Å². The van der Waals surface area contributed by atoms with Crippen molar-refractivity contribution in [1.29, 1.82) is 0 Å². The molecule has 0 heterocycles. The Kier molecular flexibility index (Phi) is 2.46. The minimum absolute atomic E-state index is 0.132. The Morgan fingerprint density at radius 2 is 2.15 bits per heavy atom. The summed E-state index contributed by atoms with van der Waals surface area (Å²) in [6.07, 6.45) is 0. The lowest BCUT2D eigenvalue weighted by molar-refractivity contribution is -0.385. The predicted octanol–water partition coefficient (Wildman–Crippen LogP) is 2.94. The third-order valence-electron chi connectivity index (χ3n) is 1.81. The molecule has 0 unspecified atom stereocenters. The molecule has 0 bridgehead atoms. The van der Waals surface area contributed by atoms with Gasteiger partial charge in [-0.1, -0.05) is 12.6 Å². The first-order valence-corrected chi connectivity index (χ1v) is 3.93. The summed E-state index contributed by atoms with van der Waals surface area (Å²) >= 11 is 0. The molecule has 1 aromatic rings. The van der Waals surface area contributed by atoms with Crippen molar-refractivity contribution < 1.29 is 4.92 Å². The monoisotopic (exact) mass is 177 g/mol. The van der Waals surface area contributed by atoms with Crippen molar-refractivity contribution in [3.63, 3.8) is 0 Å². The van der Waals surface area contributed by atoms with Crippen LogP contribution in [-0.2, 0) is 0 Å². The molecule has 0 aliphatic rings. The van der Waals surface area contributed by atoms with E-state index in [-0.39, 0.29) is 10.6 Å². The summed E-state index contributed by atoms with van der Waals surface area (Å²) in [5.74, 6) is 0. The predicted molar refractivity (Wildman–Crippen MR) is 52.5 cm³/mol. The van der Waals surface area contributed by atoms with Crippen LogP contribution >= 0.6 is 0 Å². The zero-order valence-corrected chi connectivity index (χ0v) is 7.70. The molecule has 68 valence electrons. The number of aryl methyl sites for hydroxylation is 1. The molecule has 0 amide bonds. The minimum atomic E-state index is -0.378. The molecular formula is C10H11NO2. The number of nitrogens with zero attached hydrogens (tertiary/aromatic N) is 1. The second kappa shape index (κ2) is 3.39. The van der Waals surface area contributed by atoms with Crippen molar-refractivity contribution in [3.05, 3.63) is 46.0 Å². The molecule has 3 heteroatoms. The summed E-state index contributed by atoms with van der Waals surface area (Å²) in [6.45, 7) is 7.28. The van der Waals surface area contributed by atoms with E-state index >= 15 is 0 Å². The highest BCUT2D eigenvalue weighted by atomic mass is 16.6. The van der Waals surface area contributed by atoms with Gasteiger partial charge in [-0.25, -0.2) is 0 Å². The molecule has 0 N–H and O–H groups in total. The van der Waals surface area contributed by atoms with Gasteiger partial charge in [0.1, 0.15) is 0 Å². The fourth-order valence-corrected chi connectivity index (χ4v) is 1.15. The molecule has 0 aliphatic heterocycles. The van der Waals surface area contributed by atoms with E-state index in [0.717, 1.165) is 5.56 Å². The summed E-state index contributed by atoms with van der Waals surface area (Å²) < 4.78 is 0. The van der Waals surface area contributed by atoms with Crippen molar-refractivity contribution in [3.8, 4) is 0 Å². The van der Waals surface area contributed by atoms with Crippen molar-refractivity contribution in [2.75, 3.05) is 0 Å². The normalized spacial score (nSPS) is 9.69. The highest BCUT2D eigenvalue weighted by molar-refractivity contribution is 5.70. The quantitative estimate of drug-likeness (QED) is 0.515. The standard InChI is InChI=1S/C10H11NO2/c1-7(2)9-5-4-8(3)6-10(9)11(12)13/h4-6H,1H2,2-3H3. The molecule has 0 radical (unpaired) electrons. The molecular weight excluding hydrogens is 166 g/mol. The molecule has 1 rings (SSSR count). The summed E-state index contributed by atoms with van der Waals surface area (Å²) in [5.41, 5.74) is 2.34. The summed E-state index contributed by atoms with van der Waals surface area (Å²) in [7, 11) is 0. The number of allylic oxidation sites excluding steroid dienone is 1. The first-order valence-electron chi connectivity index (χ1n) is 3.93. The Morgan fingerprint density at radius 1 is 1.54 bits per heavy atom.